The minimum absolute atomic E-state index is 0.0841. The minimum atomic E-state index is -0.0950. The lowest BCUT2D eigenvalue weighted by Gasteiger charge is -2.18. The Morgan fingerprint density at radius 2 is 2.08 bits per heavy atom. The number of fused-ring (bicyclic) bond motifs is 1. The molecule has 1 fully saturated rings. The maximum Gasteiger partial charge on any atom is 0.273 e. The lowest BCUT2D eigenvalue weighted by atomic mass is 10.1. The van der Waals surface area contributed by atoms with Crippen LogP contribution >= 0.6 is 11.6 Å². The molecule has 0 spiro atoms. The Morgan fingerprint density at radius 1 is 1.31 bits per heavy atom. The number of benzene rings is 1. The van der Waals surface area contributed by atoms with Crippen LogP contribution in [-0.4, -0.2) is 26.6 Å². The van der Waals surface area contributed by atoms with E-state index in [4.69, 9.17) is 16.3 Å². The third-order valence-electron chi connectivity index (χ3n) is 4.98. The second-order valence-electron chi connectivity index (χ2n) is 6.69. The first-order chi connectivity index (χ1) is 12.5. The lowest BCUT2D eigenvalue weighted by Crippen LogP contribution is -2.28. The van der Waals surface area contributed by atoms with Gasteiger partial charge in [-0.3, -0.25) is 9.36 Å². The third-order valence-corrected chi connectivity index (χ3v) is 5.29. The molecule has 1 aliphatic rings. The highest BCUT2D eigenvalue weighted by Crippen LogP contribution is 2.40. The fourth-order valence-electron chi connectivity index (χ4n) is 3.31. The van der Waals surface area contributed by atoms with E-state index in [1.54, 1.807) is 24.7 Å². The molecule has 7 heteroatoms. The highest BCUT2D eigenvalue weighted by atomic mass is 35.5. The van der Waals surface area contributed by atoms with E-state index >= 15 is 0 Å². The zero-order valence-corrected chi connectivity index (χ0v) is 15.6. The van der Waals surface area contributed by atoms with Crippen molar-refractivity contribution >= 4 is 22.8 Å². The number of ether oxygens (including phenoxy) is 1. The van der Waals surface area contributed by atoms with Crippen LogP contribution in [-0.2, 0) is 0 Å². The Bertz CT molecular complexity index is 1060. The van der Waals surface area contributed by atoms with Gasteiger partial charge in [-0.05, 0) is 50.8 Å². The van der Waals surface area contributed by atoms with Crippen molar-refractivity contribution < 1.29 is 4.74 Å². The van der Waals surface area contributed by atoms with Crippen LogP contribution in [0, 0.1) is 12.8 Å². The van der Waals surface area contributed by atoms with Crippen molar-refractivity contribution in [2.45, 2.75) is 32.7 Å². The molecule has 6 nitrogen and oxygen atoms in total. The Labute approximate surface area is 155 Å². The number of methoxy groups -OCH3 is 1. The first-order valence-electron chi connectivity index (χ1n) is 8.59. The van der Waals surface area contributed by atoms with Gasteiger partial charge in [0.1, 0.15) is 29.0 Å². The van der Waals surface area contributed by atoms with Crippen LogP contribution < -0.4 is 10.3 Å². The highest BCUT2D eigenvalue weighted by molar-refractivity contribution is 6.33. The van der Waals surface area contributed by atoms with Gasteiger partial charge in [0, 0.05) is 11.6 Å². The molecule has 1 saturated carbocycles. The quantitative estimate of drug-likeness (QED) is 0.698. The van der Waals surface area contributed by atoms with Crippen molar-refractivity contribution in [1.29, 1.82) is 0 Å². The summed E-state index contributed by atoms with van der Waals surface area (Å²) in [6.07, 6.45) is 3.74. The van der Waals surface area contributed by atoms with Crippen LogP contribution in [0.4, 0.5) is 0 Å². The standard InChI is InChI=1S/C19H19ClN4O2/c1-10-19(25)24(11(2)12-4-5-12)18-17(23-10)16(21-9-22-18)14-7-6-13(26-3)8-15(14)20/h6-9,11-12H,4-5H2,1-3H3/t11-/m1/s1. The second-order valence-corrected chi connectivity index (χ2v) is 7.10. The predicted molar refractivity (Wildman–Crippen MR) is 101 cm³/mol. The Hall–Kier alpha value is -2.47. The largest absolute Gasteiger partial charge is 0.497 e. The molecule has 1 aromatic carbocycles. The molecular weight excluding hydrogens is 352 g/mol. The van der Waals surface area contributed by atoms with Crippen LogP contribution in [0.25, 0.3) is 22.4 Å². The van der Waals surface area contributed by atoms with Gasteiger partial charge in [0.05, 0.1) is 12.1 Å². The summed E-state index contributed by atoms with van der Waals surface area (Å²) in [7, 11) is 1.59. The molecule has 2 heterocycles. The smallest absolute Gasteiger partial charge is 0.273 e. The summed E-state index contributed by atoms with van der Waals surface area (Å²) in [5.41, 5.74) is 2.83. The molecule has 1 aliphatic carbocycles. The molecule has 0 aliphatic heterocycles. The van der Waals surface area contributed by atoms with Gasteiger partial charge in [0.25, 0.3) is 5.56 Å². The summed E-state index contributed by atoms with van der Waals surface area (Å²) in [5, 5.41) is 0.511. The zero-order valence-electron chi connectivity index (χ0n) is 14.9. The van der Waals surface area contributed by atoms with Crippen LogP contribution in [0.1, 0.15) is 31.5 Å². The number of aromatic nitrogens is 4. The molecule has 0 saturated heterocycles. The summed E-state index contributed by atoms with van der Waals surface area (Å²) in [6.45, 7) is 3.80. The average molecular weight is 371 g/mol. The number of hydrogen-bond donors (Lipinski definition) is 0. The average Bonchev–Trinajstić information content (AvgIpc) is 3.47. The number of nitrogens with zero attached hydrogens (tertiary/aromatic N) is 4. The van der Waals surface area contributed by atoms with Crippen LogP contribution in [0.15, 0.2) is 29.3 Å². The molecule has 1 atom stereocenters. The van der Waals surface area contributed by atoms with E-state index in [0.29, 0.717) is 39.2 Å². The van der Waals surface area contributed by atoms with Crippen molar-refractivity contribution in [3.8, 4) is 17.0 Å². The molecule has 134 valence electrons. The van der Waals surface area contributed by atoms with Gasteiger partial charge in [-0.2, -0.15) is 0 Å². The summed E-state index contributed by atoms with van der Waals surface area (Å²) < 4.78 is 6.98. The summed E-state index contributed by atoms with van der Waals surface area (Å²) in [6, 6.07) is 5.49. The highest BCUT2D eigenvalue weighted by Gasteiger charge is 2.31. The normalized spacial score (nSPS) is 15.2. The summed E-state index contributed by atoms with van der Waals surface area (Å²) in [4.78, 5) is 26.1. The maximum absolute atomic E-state index is 12.8. The van der Waals surface area contributed by atoms with Crippen molar-refractivity contribution in [2.24, 2.45) is 5.92 Å². The first-order valence-corrected chi connectivity index (χ1v) is 8.96. The maximum atomic E-state index is 12.8. The summed E-state index contributed by atoms with van der Waals surface area (Å²) in [5.74, 6) is 1.18. The Balaban J connectivity index is 1.99. The molecule has 0 amide bonds. The van der Waals surface area contributed by atoms with Gasteiger partial charge in [-0.1, -0.05) is 11.6 Å². The van der Waals surface area contributed by atoms with Crippen molar-refractivity contribution in [3.05, 3.63) is 45.6 Å². The van der Waals surface area contributed by atoms with Gasteiger partial charge in [0.2, 0.25) is 0 Å². The number of rotatable bonds is 4. The molecule has 2 aromatic heterocycles. The Kier molecular flexibility index (Phi) is 4.15. The van der Waals surface area contributed by atoms with Crippen molar-refractivity contribution in [1.82, 2.24) is 19.5 Å². The molecule has 0 unspecified atom stereocenters. The molecule has 0 N–H and O–H groups in total. The van der Waals surface area contributed by atoms with E-state index in [9.17, 15) is 4.79 Å². The fourth-order valence-corrected chi connectivity index (χ4v) is 3.57. The van der Waals surface area contributed by atoms with Crippen molar-refractivity contribution in [2.75, 3.05) is 7.11 Å². The van der Waals surface area contributed by atoms with Gasteiger partial charge in [-0.25, -0.2) is 15.0 Å². The first kappa shape index (κ1) is 17.0. The van der Waals surface area contributed by atoms with Gasteiger partial charge < -0.3 is 4.74 Å². The van der Waals surface area contributed by atoms with Gasteiger partial charge >= 0.3 is 0 Å². The fraction of sp³-hybridized carbons (Fsp3) is 0.368. The van der Waals surface area contributed by atoms with E-state index in [1.165, 1.54) is 6.33 Å². The SMILES string of the molecule is COc1ccc(-c2ncnc3c2nc(C)c(=O)n3[C@H](C)C2CC2)c(Cl)c1. The van der Waals surface area contributed by atoms with E-state index in [1.807, 2.05) is 12.1 Å². The van der Waals surface area contributed by atoms with Gasteiger partial charge in [-0.15, -0.1) is 0 Å². The molecular formula is C19H19ClN4O2. The predicted octanol–water partition coefficient (Wildman–Crippen LogP) is 3.79. The molecule has 0 bridgehead atoms. The molecule has 4 rings (SSSR count). The molecule has 3 aromatic rings. The van der Waals surface area contributed by atoms with E-state index in [-0.39, 0.29) is 11.6 Å². The Morgan fingerprint density at radius 3 is 2.73 bits per heavy atom. The number of aryl methyl sites for hydroxylation is 1. The van der Waals surface area contributed by atoms with E-state index in [0.717, 1.165) is 18.4 Å². The minimum Gasteiger partial charge on any atom is -0.497 e. The summed E-state index contributed by atoms with van der Waals surface area (Å²) >= 11 is 6.44. The third kappa shape index (κ3) is 2.74. The van der Waals surface area contributed by atoms with E-state index in [2.05, 4.69) is 21.9 Å². The van der Waals surface area contributed by atoms with Crippen molar-refractivity contribution in [3.63, 3.8) is 0 Å². The zero-order chi connectivity index (χ0) is 18.4. The van der Waals surface area contributed by atoms with Crippen LogP contribution in [0.2, 0.25) is 5.02 Å². The number of halogens is 1. The monoisotopic (exact) mass is 370 g/mol. The second kappa shape index (κ2) is 6.36. The number of hydrogen-bond acceptors (Lipinski definition) is 5. The van der Waals surface area contributed by atoms with E-state index < -0.39 is 0 Å². The van der Waals surface area contributed by atoms with Crippen LogP contribution in [0.3, 0.4) is 0 Å². The van der Waals surface area contributed by atoms with Crippen LogP contribution in [0.5, 0.6) is 5.75 Å². The van der Waals surface area contributed by atoms with Gasteiger partial charge in [0.15, 0.2) is 5.65 Å². The topological polar surface area (TPSA) is 69.9 Å². The molecule has 26 heavy (non-hydrogen) atoms. The lowest BCUT2D eigenvalue weighted by molar-refractivity contribution is 0.415. The molecule has 0 radical (unpaired) electrons.